The maximum absolute atomic E-state index is 12.3. The highest BCUT2D eigenvalue weighted by Gasteiger charge is 2.26. The number of hydrogen-bond donors (Lipinski definition) is 2. The fourth-order valence-electron chi connectivity index (χ4n) is 3.35. The smallest absolute Gasteiger partial charge is 0.273 e. The first kappa shape index (κ1) is 19.0. The van der Waals surface area contributed by atoms with E-state index in [1.165, 1.54) is 11.1 Å². The Hall–Kier alpha value is -2.80. The number of aromatic nitrogens is 3. The first-order chi connectivity index (χ1) is 13.0. The minimum absolute atomic E-state index is 0.242. The van der Waals surface area contributed by atoms with Crippen LogP contribution in [0, 0.1) is 13.8 Å². The van der Waals surface area contributed by atoms with Crippen LogP contribution in [0.4, 0.5) is 0 Å². The van der Waals surface area contributed by atoms with E-state index in [-0.39, 0.29) is 5.91 Å². The normalized spacial score (nSPS) is 15.5. The van der Waals surface area contributed by atoms with Crippen molar-refractivity contribution in [2.24, 2.45) is 5.10 Å². The number of amides is 1. The van der Waals surface area contributed by atoms with Crippen molar-refractivity contribution in [2.45, 2.75) is 34.1 Å². The number of aryl methyl sites for hydroxylation is 1. The zero-order valence-electron chi connectivity index (χ0n) is 16.3. The number of hydrogen-bond acceptors (Lipinski definition) is 5. The van der Waals surface area contributed by atoms with E-state index in [4.69, 9.17) is 0 Å². The molecule has 3 heterocycles. The molecule has 0 aliphatic carbocycles. The highest BCUT2D eigenvalue weighted by Crippen LogP contribution is 2.23. The molecule has 0 unspecified atom stereocenters. The van der Waals surface area contributed by atoms with Gasteiger partial charge in [-0.2, -0.15) is 5.10 Å². The van der Waals surface area contributed by atoms with Gasteiger partial charge in [-0.05, 0) is 56.6 Å². The molecule has 0 saturated heterocycles. The van der Waals surface area contributed by atoms with E-state index in [2.05, 4.69) is 58.1 Å². The summed E-state index contributed by atoms with van der Waals surface area (Å²) in [6.07, 6.45) is 6.11. The van der Waals surface area contributed by atoms with Crippen molar-refractivity contribution in [3.05, 3.63) is 52.4 Å². The molecule has 1 aliphatic rings. The minimum atomic E-state index is -0.242. The van der Waals surface area contributed by atoms with Crippen molar-refractivity contribution < 1.29 is 4.79 Å². The number of nitrogens with zero attached hydrogens (tertiary/aromatic N) is 4. The Balaban J connectivity index is 1.89. The van der Waals surface area contributed by atoms with Gasteiger partial charge in [0.05, 0.1) is 5.57 Å². The Morgan fingerprint density at radius 3 is 2.52 bits per heavy atom. The highest BCUT2D eigenvalue weighted by molar-refractivity contribution is 6.32. The van der Waals surface area contributed by atoms with Gasteiger partial charge in [0.2, 0.25) is 0 Å². The summed E-state index contributed by atoms with van der Waals surface area (Å²) in [5.41, 5.74) is 8.00. The zero-order valence-corrected chi connectivity index (χ0v) is 16.3. The molecule has 3 rings (SSSR count). The van der Waals surface area contributed by atoms with Crippen LogP contribution in [0.25, 0.3) is 6.08 Å². The molecule has 2 aromatic rings. The van der Waals surface area contributed by atoms with E-state index in [1.54, 1.807) is 18.5 Å². The molecule has 0 radical (unpaired) electrons. The molecular weight excluding hydrogens is 340 g/mol. The van der Waals surface area contributed by atoms with Gasteiger partial charge in [-0.3, -0.25) is 4.79 Å². The lowest BCUT2D eigenvalue weighted by Crippen LogP contribution is -2.25. The summed E-state index contributed by atoms with van der Waals surface area (Å²) in [6, 6.07) is 1.73. The van der Waals surface area contributed by atoms with E-state index in [0.717, 1.165) is 37.4 Å². The summed E-state index contributed by atoms with van der Waals surface area (Å²) in [6.45, 7) is 11.7. The van der Waals surface area contributed by atoms with Gasteiger partial charge >= 0.3 is 0 Å². The quantitative estimate of drug-likeness (QED) is 0.736. The van der Waals surface area contributed by atoms with Gasteiger partial charge in [-0.15, -0.1) is 0 Å². The highest BCUT2D eigenvalue weighted by atomic mass is 16.2. The Labute approximate surface area is 159 Å². The molecular formula is C20H26N6O. The summed E-state index contributed by atoms with van der Waals surface area (Å²) >= 11 is 0. The van der Waals surface area contributed by atoms with Crippen molar-refractivity contribution in [2.75, 3.05) is 19.6 Å². The second-order valence-corrected chi connectivity index (χ2v) is 6.58. The third-order valence-corrected chi connectivity index (χ3v) is 5.04. The Bertz CT molecular complexity index is 877. The lowest BCUT2D eigenvalue weighted by Gasteiger charge is -2.17. The molecule has 0 atom stereocenters. The number of carbonyl (C=O) groups is 1. The monoisotopic (exact) mass is 366 g/mol. The van der Waals surface area contributed by atoms with E-state index in [9.17, 15) is 4.79 Å². The standard InChI is InChI=1S/C20H26N6O/c1-5-26(6-2)11-8-15-13(3)17(23-14(15)4)12-16-18(24-25-20(16)27)19-21-9-7-10-22-19/h7,9-10,12,23H,5-6,8,11H2,1-4H3,(H,25,27)/b16-12+. The number of likely N-dealkylation sites (N-methyl/N-ethyl adjacent to an activating group) is 1. The van der Waals surface area contributed by atoms with Crippen LogP contribution in [0.3, 0.4) is 0 Å². The minimum Gasteiger partial charge on any atom is -0.359 e. The number of nitrogens with one attached hydrogen (secondary N) is 2. The van der Waals surface area contributed by atoms with Crippen LogP contribution >= 0.6 is 0 Å². The van der Waals surface area contributed by atoms with Crippen molar-refractivity contribution in [3.63, 3.8) is 0 Å². The molecule has 27 heavy (non-hydrogen) atoms. The van der Waals surface area contributed by atoms with Gasteiger partial charge in [0.25, 0.3) is 5.91 Å². The fourth-order valence-corrected chi connectivity index (χ4v) is 3.35. The Kier molecular flexibility index (Phi) is 5.81. The molecule has 1 amide bonds. The largest absolute Gasteiger partial charge is 0.359 e. The molecule has 142 valence electrons. The number of carbonyl (C=O) groups excluding carboxylic acids is 1. The summed E-state index contributed by atoms with van der Waals surface area (Å²) in [5, 5.41) is 4.11. The van der Waals surface area contributed by atoms with Crippen LogP contribution in [0.5, 0.6) is 0 Å². The van der Waals surface area contributed by atoms with Gasteiger partial charge in [-0.1, -0.05) is 13.8 Å². The maximum Gasteiger partial charge on any atom is 0.273 e. The van der Waals surface area contributed by atoms with Crippen LogP contribution in [0.15, 0.2) is 29.1 Å². The van der Waals surface area contributed by atoms with Crippen LogP contribution in [-0.2, 0) is 11.2 Å². The second kappa shape index (κ2) is 8.26. The van der Waals surface area contributed by atoms with Crippen LogP contribution in [0.2, 0.25) is 0 Å². The van der Waals surface area contributed by atoms with Crippen LogP contribution < -0.4 is 5.43 Å². The third-order valence-electron chi connectivity index (χ3n) is 5.04. The van der Waals surface area contributed by atoms with Crippen LogP contribution in [-0.4, -0.2) is 51.1 Å². The lowest BCUT2D eigenvalue weighted by molar-refractivity contribution is -0.116. The van der Waals surface area contributed by atoms with E-state index in [1.807, 2.05) is 6.08 Å². The fraction of sp³-hybridized carbons (Fsp3) is 0.400. The average Bonchev–Trinajstić information content (AvgIpc) is 3.17. The predicted octanol–water partition coefficient (Wildman–Crippen LogP) is 2.22. The molecule has 0 bridgehead atoms. The number of aromatic amines is 1. The lowest BCUT2D eigenvalue weighted by atomic mass is 10.0. The zero-order chi connectivity index (χ0) is 19.4. The summed E-state index contributed by atoms with van der Waals surface area (Å²) in [4.78, 5) is 26.5. The van der Waals surface area contributed by atoms with Crippen molar-refractivity contribution in [3.8, 4) is 0 Å². The van der Waals surface area contributed by atoms with Crippen molar-refractivity contribution >= 4 is 17.7 Å². The van der Waals surface area contributed by atoms with E-state index in [0.29, 0.717) is 17.1 Å². The summed E-state index contributed by atoms with van der Waals surface area (Å²) < 4.78 is 0. The maximum atomic E-state index is 12.3. The van der Waals surface area contributed by atoms with E-state index >= 15 is 0 Å². The Morgan fingerprint density at radius 1 is 1.15 bits per heavy atom. The van der Waals surface area contributed by atoms with Gasteiger partial charge in [-0.25, -0.2) is 15.4 Å². The summed E-state index contributed by atoms with van der Waals surface area (Å²) in [5.74, 6) is 0.193. The van der Waals surface area contributed by atoms with Gasteiger partial charge in [0, 0.05) is 30.3 Å². The van der Waals surface area contributed by atoms with Crippen molar-refractivity contribution in [1.29, 1.82) is 0 Å². The molecule has 0 spiro atoms. The van der Waals surface area contributed by atoms with E-state index < -0.39 is 0 Å². The Morgan fingerprint density at radius 2 is 1.85 bits per heavy atom. The molecule has 0 saturated carbocycles. The first-order valence-electron chi connectivity index (χ1n) is 9.33. The van der Waals surface area contributed by atoms with Crippen molar-refractivity contribution in [1.82, 2.24) is 25.3 Å². The van der Waals surface area contributed by atoms with Gasteiger partial charge in [0.15, 0.2) is 5.82 Å². The average molecular weight is 366 g/mol. The molecule has 2 N–H and O–H groups in total. The molecule has 7 nitrogen and oxygen atoms in total. The summed E-state index contributed by atoms with van der Waals surface area (Å²) in [7, 11) is 0. The molecule has 2 aromatic heterocycles. The molecule has 1 aliphatic heterocycles. The number of H-pyrrole nitrogens is 1. The SMILES string of the molecule is CCN(CC)CCc1c(C)[nH]c(/C=C2/C(=O)NN=C2c2ncccn2)c1C. The molecule has 0 fully saturated rings. The van der Waals surface area contributed by atoms with Gasteiger partial charge in [0.1, 0.15) is 5.71 Å². The number of hydrazone groups is 1. The van der Waals surface area contributed by atoms with Gasteiger partial charge < -0.3 is 9.88 Å². The molecule has 0 aromatic carbocycles. The third kappa shape index (κ3) is 3.98. The topological polar surface area (TPSA) is 86.3 Å². The predicted molar refractivity (Wildman–Crippen MR) is 106 cm³/mol. The number of rotatable bonds is 7. The second-order valence-electron chi connectivity index (χ2n) is 6.58. The van der Waals surface area contributed by atoms with Crippen LogP contribution in [0.1, 0.15) is 42.2 Å². The first-order valence-corrected chi connectivity index (χ1v) is 9.33. The molecule has 7 heteroatoms.